The summed E-state index contributed by atoms with van der Waals surface area (Å²) in [5.41, 5.74) is 5.12. The van der Waals surface area contributed by atoms with Gasteiger partial charge in [-0.05, 0) is 78.9 Å². The molecule has 0 bridgehead atoms. The van der Waals surface area contributed by atoms with Crippen molar-refractivity contribution in [1.82, 2.24) is 0 Å². The number of fused-ring (bicyclic) bond motifs is 1. The first kappa shape index (κ1) is 15.4. The van der Waals surface area contributed by atoms with E-state index in [-0.39, 0.29) is 0 Å². The van der Waals surface area contributed by atoms with Gasteiger partial charge in [0.05, 0.1) is 0 Å². The minimum Gasteiger partial charge on any atom is -0.123 e. The first-order valence-electron chi connectivity index (χ1n) is 8.68. The number of hydrogen-bond acceptors (Lipinski definition) is 0. The van der Waals surface area contributed by atoms with Crippen molar-refractivity contribution < 1.29 is 0 Å². The zero-order chi connectivity index (χ0) is 15.0. The molecule has 1 fully saturated rings. The summed E-state index contributed by atoms with van der Waals surface area (Å²) in [4.78, 5) is 0. The van der Waals surface area contributed by atoms with Crippen molar-refractivity contribution in [2.75, 3.05) is 0 Å². The molecule has 0 aliphatic heterocycles. The van der Waals surface area contributed by atoms with Gasteiger partial charge in [-0.15, -0.1) is 11.6 Å². The summed E-state index contributed by atoms with van der Waals surface area (Å²) in [5, 5.41) is 0.372. The zero-order valence-electron chi connectivity index (χ0n) is 13.8. The van der Waals surface area contributed by atoms with Crippen molar-refractivity contribution >= 4 is 11.6 Å². The molecular weight excluding hydrogens is 276 g/mol. The fourth-order valence-electron chi connectivity index (χ4n) is 4.28. The molecular formula is C20H29Cl. The topological polar surface area (TPSA) is 0 Å². The Morgan fingerprint density at radius 2 is 1.86 bits per heavy atom. The maximum absolute atomic E-state index is 6.67. The van der Waals surface area contributed by atoms with Crippen LogP contribution in [-0.4, -0.2) is 5.38 Å². The lowest BCUT2D eigenvalue weighted by Crippen LogP contribution is -2.33. The Kier molecular flexibility index (Phi) is 4.37. The third-order valence-electron chi connectivity index (χ3n) is 5.78. The van der Waals surface area contributed by atoms with Gasteiger partial charge in [-0.2, -0.15) is 0 Å². The minimum atomic E-state index is 0.372. The molecule has 0 amide bonds. The second-order valence-corrected chi connectivity index (χ2v) is 8.87. The van der Waals surface area contributed by atoms with Crippen LogP contribution in [0.2, 0.25) is 0 Å². The van der Waals surface area contributed by atoms with Crippen molar-refractivity contribution in [3.05, 3.63) is 34.9 Å². The Labute approximate surface area is 135 Å². The van der Waals surface area contributed by atoms with Crippen LogP contribution in [0.5, 0.6) is 0 Å². The molecule has 0 aromatic heterocycles. The van der Waals surface area contributed by atoms with Crippen LogP contribution in [0, 0.1) is 17.3 Å². The molecule has 0 nitrogen and oxygen atoms in total. The SMILES string of the molecule is CC(C)(C)C1CCC(Cl)C(Cc2ccc3c(c2)CCC3)C1. The molecule has 0 saturated heterocycles. The Balaban J connectivity index is 1.70. The summed E-state index contributed by atoms with van der Waals surface area (Å²) in [7, 11) is 0. The summed E-state index contributed by atoms with van der Waals surface area (Å²) < 4.78 is 0. The maximum atomic E-state index is 6.67. The van der Waals surface area contributed by atoms with Gasteiger partial charge in [0.2, 0.25) is 0 Å². The van der Waals surface area contributed by atoms with Gasteiger partial charge in [-0.1, -0.05) is 39.0 Å². The van der Waals surface area contributed by atoms with Gasteiger partial charge < -0.3 is 0 Å². The van der Waals surface area contributed by atoms with E-state index in [1.54, 1.807) is 11.1 Å². The van der Waals surface area contributed by atoms with Gasteiger partial charge in [0.1, 0.15) is 0 Å². The standard InChI is InChI=1S/C20H29Cl/c1-20(2,3)18-9-10-19(21)17(13-18)12-14-7-8-15-5-4-6-16(15)11-14/h7-8,11,17-19H,4-6,9-10,12-13H2,1-3H3. The fraction of sp³-hybridized carbons (Fsp3) is 0.700. The number of benzene rings is 1. The highest BCUT2D eigenvalue weighted by molar-refractivity contribution is 6.20. The lowest BCUT2D eigenvalue weighted by molar-refractivity contribution is 0.144. The molecule has 21 heavy (non-hydrogen) atoms. The molecule has 116 valence electrons. The van der Waals surface area contributed by atoms with Crippen LogP contribution in [0.3, 0.4) is 0 Å². The molecule has 0 radical (unpaired) electrons. The molecule has 1 aromatic carbocycles. The maximum Gasteiger partial charge on any atom is 0.0367 e. The third-order valence-corrected chi connectivity index (χ3v) is 6.35. The largest absolute Gasteiger partial charge is 0.123 e. The van der Waals surface area contributed by atoms with E-state index in [0.29, 0.717) is 16.7 Å². The molecule has 3 unspecified atom stereocenters. The van der Waals surface area contributed by atoms with E-state index in [1.807, 2.05) is 0 Å². The number of aryl methyl sites for hydroxylation is 2. The van der Waals surface area contributed by atoms with Gasteiger partial charge in [-0.25, -0.2) is 0 Å². The zero-order valence-corrected chi connectivity index (χ0v) is 14.5. The van der Waals surface area contributed by atoms with Gasteiger partial charge in [0.15, 0.2) is 0 Å². The average molecular weight is 305 g/mol. The predicted molar refractivity (Wildman–Crippen MR) is 92.1 cm³/mol. The van der Waals surface area contributed by atoms with Crippen LogP contribution in [0.15, 0.2) is 18.2 Å². The Bertz CT molecular complexity index is 497. The Hall–Kier alpha value is -0.490. The summed E-state index contributed by atoms with van der Waals surface area (Å²) in [6, 6.07) is 7.19. The van der Waals surface area contributed by atoms with Crippen LogP contribution in [0.1, 0.15) is 63.1 Å². The third kappa shape index (κ3) is 3.47. The van der Waals surface area contributed by atoms with Crippen LogP contribution < -0.4 is 0 Å². The predicted octanol–water partition coefficient (Wildman–Crippen LogP) is 5.79. The summed E-state index contributed by atoms with van der Waals surface area (Å²) >= 11 is 6.67. The second kappa shape index (κ2) is 5.95. The van der Waals surface area contributed by atoms with Gasteiger partial charge in [0.25, 0.3) is 0 Å². The highest BCUT2D eigenvalue weighted by atomic mass is 35.5. The lowest BCUT2D eigenvalue weighted by atomic mass is 9.68. The van der Waals surface area contributed by atoms with Crippen molar-refractivity contribution in [2.24, 2.45) is 17.3 Å². The van der Waals surface area contributed by atoms with E-state index in [4.69, 9.17) is 11.6 Å². The molecule has 0 heterocycles. The lowest BCUT2D eigenvalue weighted by Gasteiger charge is -2.40. The van der Waals surface area contributed by atoms with E-state index in [2.05, 4.69) is 39.0 Å². The average Bonchev–Trinajstić information content (AvgIpc) is 2.87. The first-order valence-corrected chi connectivity index (χ1v) is 9.12. The monoisotopic (exact) mass is 304 g/mol. The van der Waals surface area contributed by atoms with Gasteiger partial charge >= 0.3 is 0 Å². The van der Waals surface area contributed by atoms with Crippen molar-refractivity contribution in [2.45, 2.75) is 71.1 Å². The van der Waals surface area contributed by atoms with E-state index >= 15 is 0 Å². The molecule has 2 aliphatic rings. The highest BCUT2D eigenvalue weighted by Gasteiger charge is 2.35. The van der Waals surface area contributed by atoms with Crippen LogP contribution >= 0.6 is 11.6 Å². The van der Waals surface area contributed by atoms with Gasteiger partial charge in [0, 0.05) is 5.38 Å². The Morgan fingerprint density at radius 1 is 1.10 bits per heavy atom. The fourth-order valence-corrected chi connectivity index (χ4v) is 4.60. The smallest absolute Gasteiger partial charge is 0.0367 e. The van der Waals surface area contributed by atoms with Crippen LogP contribution in [-0.2, 0) is 19.3 Å². The minimum absolute atomic E-state index is 0.372. The van der Waals surface area contributed by atoms with Crippen molar-refractivity contribution in [3.63, 3.8) is 0 Å². The first-order chi connectivity index (χ1) is 9.93. The molecule has 3 rings (SSSR count). The molecule has 1 saturated carbocycles. The van der Waals surface area contributed by atoms with E-state index in [0.717, 1.165) is 5.92 Å². The van der Waals surface area contributed by atoms with Crippen LogP contribution in [0.4, 0.5) is 0 Å². The molecule has 0 spiro atoms. The van der Waals surface area contributed by atoms with E-state index in [9.17, 15) is 0 Å². The number of hydrogen-bond donors (Lipinski definition) is 0. The Morgan fingerprint density at radius 3 is 2.62 bits per heavy atom. The molecule has 0 N–H and O–H groups in total. The molecule has 2 aliphatic carbocycles. The van der Waals surface area contributed by atoms with Gasteiger partial charge in [-0.3, -0.25) is 0 Å². The highest BCUT2D eigenvalue weighted by Crippen LogP contribution is 2.43. The van der Waals surface area contributed by atoms with E-state index in [1.165, 1.54) is 50.5 Å². The number of rotatable bonds is 2. The summed E-state index contributed by atoms with van der Waals surface area (Å²) in [5.74, 6) is 1.48. The van der Waals surface area contributed by atoms with Crippen molar-refractivity contribution in [3.8, 4) is 0 Å². The number of alkyl halides is 1. The van der Waals surface area contributed by atoms with Crippen LogP contribution in [0.25, 0.3) is 0 Å². The summed E-state index contributed by atoms with van der Waals surface area (Å²) in [6.07, 6.45) is 8.87. The van der Waals surface area contributed by atoms with Crippen molar-refractivity contribution in [1.29, 1.82) is 0 Å². The summed E-state index contributed by atoms with van der Waals surface area (Å²) in [6.45, 7) is 7.16. The molecule has 3 atom stereocenters. The second-order valence-electron chi connectivity index (χ2n) is 8.31. The molecule has 1 aromatic rings. The molecule has 1 heteroatoms. The van der Waals surface area contributed by atoms with E-state index < -0.39 is 0 Å². The number of halogens is 1. The quantitative estimate of drug-likeness (QED) is 0.607. The normalized spacial score (nSPS) is 29.4.